The average Bonchev–Trinajstić information content (AvgIpc) is 2.35. The third-order valence-corrected chi connectivity index (χ3v) is 2.05. The summed E-state index contributed by atoms with van der Waals surface area (Å²) in [5.41, 5.74) is 7.84. The van der Waals surface area contributed by atoms with Crippen LogP contribution in [0.1, 0.15) is 0 Å². The Hall–Kier alpha value is -1.10. The van der Waals surface area contributed by atoms with Gasteiger partial charge in [-0.2, -0.15) is 0 Å². The molecule has 0 saturated carbocycles. The van der Waals surface area contributed by atoms with Gasteiger partial charge in [0.2, 0.25) is 0 Å². The molecule has 0 radical (unpaired) electrons. The quantitative estimate of drug-likeness (QED) is 0.648. The molecule has 0 bridgehead atoms. The zero-order valence-corrected chi connectivity index (χ0v) is 7.09. The molecule has 4 nitrogen and oxygen atoms in total. The van der Waals surface area contributed by atoms with Crippen molar-refractivity contribution in [3.63, 3.8) is 0 Å². The lowest BCUT2D eigenvalue weighted by molar-refractivity contribution is 1.19. The second kappa shape index (κ2) is 2.20. The number of fused-ring (bicyclic) bond motifs is 1. The number of rotatable bonds is 0. The maximum absolute atomic E-state index is 5.60. The molecule has 2 aromatic heterocycles. The van der Waals surface area contributed by atoms with E-state index in [-0.39, 0.29) is 0 Å². The summed E-state index contributed by atoms with van der Waals surface area (Å²) < 4.78 is 0.735. The van der Waals surface area contributed by atoms with Crippen LogP contribution in [0.15, 0.2) is 17.1 Å². The minimum Gasteiger partial charge on any atom is -0.396 e. The highest BCUT2D eigenvalue weighted by Gasteiger charge is 2.04. The van der Waals surface area contributed by atoms with Gasteiger partial charge in [0, 0.05) is 6.20 Å². The van der Waals surface area contributed by atoms with Gasteiger partial charge in [-0.15, -0.1) is 0 Å². The van der Waals surface area contributed by atoms with Gasteiger partial charge < -0.3 is 10.7 Å². The number of halogens is 1. The van der Waals surface area contributed by atoms with Crippen LogP contribution in [0.3, 0.4) is 0 Å². The van der Waals surface area contributed by atoms with Crippen LogP contribution in [0.25, 0.3) is 11.0 Å². The Morgan fingerprint density at radius 1 is 1.45 bits per heavy atom. The minimum atomic E-state index is 0.642. The van der Waals surface area contributed by atoms with E-state index in [4.69, 9.17) is 5.73 Å². The number of H-pyrrole nitrogens is 1. The van der Waals surface area contributed by atoms with Gasteiger partial charge in [0.05, 0.1) is 11.2 Å². The number of nitrogens with zero attached hydrogens (tertiary/aromatic N) is 2. The first-order valence-electron chi connectivity index (χ1n) is 3.02. The SMILES string of the molecule is Nc1c[nH]c2c(Br)ncnc12. The van der Waals surface area contributed by atoms with Crippen molar-refractivity contribution in [1.29, 1.82) is 0 Å². The Morgan fingerprint density at radius 3 is 3.00 bits per heavy atom. The number of nitrogens with two attached hydrogens (primary N) is 1. The summed E-state index contributed by atoms with van der Waals surface area (Å²) >= 11 is 3.27. The highest BCUT2D eigenvalue weighted by atomic mass is 79.9. The predicted octanol–water partition coefficient (Wildman–Crippen LogP) is 1.30. The maximum Gasteiger partial charge on any atom is 0.133 e. The summed E-state index contributed by atoms with van der Waals surface area (Å²) in [6, 6.07) is 0. The number of hydrogen-bond acceptors (Lipinski definition) is 3. The van der Waals surface area contributed by atoms with Gasteiger partial charge in [-0.05, 0) is 15.9 Å². The minimum absolute atomic E-state index is 0.642. The van der Waals surface area contributed by atoms with E-state index >= 15 is 0 Å². The van der Waals surface area contributed by atoms with Crippen molar-refractivity contribution >= 4 is 32.7 Å². The van der Waals surface area contributed by atoms with Gasteiger partial charge in [0.25, 0.3) is 0 Å². The van der Waals surface area contributed by atoms with Gasteiger partial charge >= 0.3 is 0 Å². The second-order valence-electron chi connectivity index (χ2n) is 2.13. The lowest BCUT2D eigenvalue weighted by atomic mass is 10.4. The second-order valence-corrected chi connectivity index (χ2v) is 2.88. The molecule has 0 amide bonds. The molecule has 0 aliphatic rings. The standard InChI is InChI=1S/C6H5BrN4/c7-6-5-4(10-2-11-6)3(8)1-9-5/h1-2,9H,8H2. The van der Waals surface area contributed by atoms with Gasteiger partial charge in [0.1, 0.15) is 16.4 Å². The van der Waals surface area contributed by atoms with Gasteiger partial charge in [-0.3, -0.25) is 0 Å². The molecule has 0 aliphatic carbocycles. The summed E-state index contributed by atoms with van der Waals surface area (Å²) in [4.78, 5) is 10.9. The molecule has 0 saturated heterocycles. The average molecular weight is 213 g/mol. The van der Waals surface area contributed by atoms with E-state index in [9.17, 15) is 0 Å². The molecule has 0 spiro atoms. The van der Waals surface area contributed by atoms with E-state index < -0.39 is 0 Å². The molecule has 2 heterocycles. The normalized spacial score (nSPS) is 10.6. The zero-order valence-electron chi connectivity index (χ0n) is 5.50. The number of aromatic nitrogens is 3. The third kappa shape index (κ3) is 0.883. The Labute approximate surface area is 71.0 Å². The number of anilines is 1. The van der Waals surface area contributed by atoms with Gasteiger partial charge in [-0.25, -0.2) is 9.97 Å². The van der Waals surface area contributed by atoms with Crippen molar-refractivity contribution in [3.05, 3.63) is 17.1 Å². The van der Waals surface area contributed by atoms with E-state index in [1.54, 1.807) is 6.20 Å². The van der Waals surface area contributed by atoms with Crippen LogP contribution in [0.5, 0.6) is 0 Å². The van der Waals surface area contributed by atoms with Gasteiger partial charge in [0.15, 0.2) is 0 Å². The van der Waals surface area contributed by atoms with E-state index in [0.29, 0.717) is 5.69 Å². The van der Waals surface area contributed by atoms with E-state index in [0.717, 1.165) is 15.6 Å². The van der Waals surface area contributed by atoms with Crippen molar-refractivity contribution in [2.45, 2.75) is 0 Å². The van der Waals surface area contributed by atoms with Crippen molar-refractivity contribution < 1.29 is 0 Å². The van der Waals surface area contributed by atoms with E-state index in [1.807, 2.05) is 0 Å². The smallest absolute Gasteiger partial charge is 0.133 e. The van der Waals surface area contributed by atoms with Crippen molar-refractivity contribution in [1.82, 2.24) is 15.0 Å². The molecular formula is C6H5BrN4. The number of aromatic amines is 1. The summed E-state index contributed by atoms with van der Waals surface area (Å²) in [5, 5.41) is 0. The Morgan fingerprint density at radius 2 is 2.27 bits per heavy atom. The Kier molecular flexibility index (Phi) is 1.32. The molecule has 0 aliphatic heterocycles. The number of nitrogen functional groups attached to an aromatic ring is 1. The van der Waals surface area contributed by atoms with Crippen LogP contribution < -0.4 is 5.73 Å². The topological polar surface area (TPSA) is 67.6 Å². The largest absolute Gasteiger partial charge is 0.396 e. The van der Waals surface area contributed by atoms with Crippen LogP contribution >= 0.6 is 15.9 Å². The lowest BCUT2D eigenvalue weighted by Gasteiger charge is -1.90. The highest BCUT2D eigenvalue weighted by Crippen LogP contribution is 2.22. The number of nitrogens with one attached hydrogen (secondary N) is 1. The van der Waals surface area contributed by atoms with E-state index in [1.165, 1.54) is 6.33 Å². The first-order valence-corrected chi connectivity index (χ1v) is 3.81. The zero-order chi connectivity index (χ0) is 7.84. The van der Waals surface area contributed by atoms with E-state index in [2.05, 4.69) is 30.9 Å². The van der Waals surface area contributed by atoms with Crippen molar-refractivity contribution in [2.75, 3.05) is 5.73 Å². The summed E-state index contributed by atoms with van der Waals surface area (Å²) in [6.45, 7) is 0. The molecule has 2 rings (SSSR count). The molecule has 5 heteroatoms. The first-order chi connectivity index (χ1) is 5.29. The fourth-order valence-electron chi connectivity index (χ4n) is 0.929. The summed E-state index contributed by atoms with van der Waals surface area (Å²) in [5.74, 6) is 0. The molecule has 56 valence electrons. The lowest BCUT2D eigenvalue weighted by Crippen LogP contribution is -1.85. The van der Waals surface area contributed by atoms with Crippen LogP contribution in [-0.4, -0.2) is 15.0 Å². The van der Waals surface area contributed by atoms with Crippen LogP contribution in [0.4, 0.5) is 5.69 Å². The third-order valence-electron chi connectivity index (χ3n) is 1.45. The van der Waals surface area contributed by atoms with Gasteiger partial charge in [-0.1, -0.05) is 0 Å². The maximum atomic E-state index is 5.60. The first kappa shape index (κ1) is 6.60. The van der Waals surface area contributed by atoms with Crippen LogP contribution in [0, 0.1) is 0 Å². The number of hydrogen-bond donors (Lipinski definition) is 2. The fraction of sp³-hybridized carbons (Fsp3) is 0. The Balaban J connectivity index is 2.94. The molecule has 0 atom stereocenters. The van der Waals surface area contributed by atoms with Crippen molar-refractivity contribution in [3.8, 4) is 0 Å². The van der Waals surface area contributed by atoms with Crippen molar-refractivity contribution in [2.24, 2.45) is 0 Å². The fourth-order valence-corrected chi connectivity index (χ4v) is 1.32. The molecular weight excluding hydrogens is 208 g/mol. The molecule has 0 unspecified atom stereocenters. The molecule has 0 fully saturated rings. The monoisotopic (exact) mass is 212 g/mol. The summed E-state index contributed by atoms with van der Waals surface area (Å²) in [7, 11) is 0. The highest BCUT2D eigenvalue weighted by molar-refractivity contribution is 9.10. The molecule has 0 aromatic carbocycles. The molecule has 3 N–H and O–H groups in total. The van der Waals surface area contributed by atoms with Crippen LogP contribution in [0.2, 0.25) is 0 Å². The molecule has 11 heavy (non-hydrogen) atoms. The Bertz CT molecular complexity index is 394. The summed E-state index contributed by atoms with van der Waals surface area (Å²) in [6.07, 6.45) is 3.17. The predicted molar refractivity (Wildman–Crippen MR) is 46.0 cm³/mol. The molecule has 2 aromatic rings. The van der Waals surface area contributed by atoms with Crippen LogP contribution in [-0.2, 0) is 0 Å².